The third-order valence-corrected chi connectivity index (χ3v) is 4.28. The van der Waals surface area contributed by atoms with Crippen LogP contribution in [0.5, 0.6) is 0 Å². The molecule has 1 amide bonds. The van der Waals surface area contributed by atoms with E-state index >= 15 is 0 Å². The molecule has 0 spiro atoms. The molecule has 1 saturated carbocycles. The summed E-state index contributed by atoms with van der Waals surface area (Å²) in [5, 5.41) is -0.599. The average molecular weight is 234 g/mol. The Bertz CT molecular complexity index is 333. The van der Waals surface area contributed by atoms with Crippen molar-refractivity contribution < 1.29 is 13.2 Å². The second-order valence-corrected chi connectivity index (χ2v) is 6.56. The first kappa shape index (κ1) is 12.4. The number of rotatable bonds is 5. The van der Waals surface area contributed by atoms with Gasteiger partial charge in [0.1, 0.15) is 0 Å². The fourth-order valence-corrected chi connectivity index (χ4v) is 1.86. The van der Waals surface area contributed by atoms with E-state index in [9.17, 15) is 13.2 Å². The van der Waals surface area contributed by atoms with Crippen LogP contribution in [0, 0.1) is 5.92 Å². The summed E-state index contributed by atoms with van der Waals surface area (Å²) >= 11 is 0. The van der Waals surface area contributed by atoms with Crippen LogP contribution in [0.4, 0.5) is 0 Å². The minimum absolute atomic E-state index is 0.0939. The van der Waals surface area contributed by atoms with Crippen molar-refractivity contribution in [2.45, 2.75) is 44.4 Å². The topological polar surface area (TPSA) is 89.3 Å². The fourth-order valence-electron chi connectivity index (χ4n) is 1.22. The first-order valence-electron chi connectivity index (χ1n) is 5.13. The fraction of sp³-hybridized carbons (Fsp3) is 0.889. The molecule has 5 nitrogen and oxygen atoms in total. The summed E-state index contributed by atoms with van der Waals surface area (Å²) in [7, 11) is -3.50. The number of carbonyl (C=O) groups excluding carboxylic acids is 1. The second-order valence-electron chi connectivity index (χ2n) is 4.32. The summed E-state index contributed by atoms with van der Waals surface area (Å²) < 4.78 is 24.7. The predicted molar refractivity (Wildman–Crippen MR) is 57.5 cm³/mol. The van der Waals surface area contributed by atoms with E-state index in [1.54, 1.807) is 0 Å². The maximum atomic E-state index is 11.3. The highest BCUT2D eigenvalue weighted by Crippen LogP contribution is 2.32. The highest BCUT2D eigenvalue weighted by molar-refractivity contribution is 7.90. The molecule has 88 valence electrons. The molecule has 0 aliphatic heterocycles. The molecular weight excluding hydrogens is 216 g/mol. The molecule has 0 heterocycles. The van der Waals surface area contributed by atoms with Gasteiger partial charge in [-0.3, -0.25) is 9.52 Å². The zero-order chi connectivity index (χ0) is 11.6. The van der Waals surface area contributed by atoms with Crippen LogP contribution in [-0.2, 0) is 14.8 Å². The first-order valence-corrected chi connectivity index (χ1v) is 6.67. The van der Waals surface area contributed by atoms with Crippen LogP contribution >= 0.6 is 0 Å². The molecule has 1 unspecified atom stereocenters. The van der Waals surface area contributed by atoms with Crippen molar-refractivity contribution in [1.29, 1.82) is 0 Å². The molecule has 1 aliphatic rings. The lowest BCUT2D eigenvalue weighted by molar-refractivity contribution is -0.119. The van der Waals surface area contributed by atoms with Crippen molar-refractivity contribution in [2.24, 2.45) is 11.7 Å². The SMILES string of the molecule is CC(C)S(=O)(=O)NC(=O)CC(N)C1CC1. The molecule has 0 bridgehead atoms. The van der Waals surface area contributed by atoms with Gasteiger partial charge in [0.15, 0.2) is 0 Å². The Morgan fingerprint density at radius 3 is 2.40 bits per heavy atom. The summed E-state index contributed by atoms with van der Waals surface area (Å²) in [5.41, 5.74) is 5.72. The summed E-state index contributed by atoms with van der Waals surface area (Å²) in [6.45, 7) is 3.05. The van der Waals surface area contributed by atoms with Crippen molar-refractivity contribution >= 4 is 15.9 Å². The van der Waals surface area contributed by atoms with Crippen molar-refractivity contribution in [1.82, 2.24) is 4.72 Å². The van der Waals surface area contributed by atoms with Gasteiger partial charge >= 0.3 is 0 Å². The van der Waals surface area contributed by atoms with Gasteiger partial charge in [0.25, 0.3) is 0 Å². The Morgan fingerprint density at radius 1 is 1.47 bits per heavy atom. The maximum absolute atomic E-state index is 11.3. The summed E-state index contributed by atoms with van der Waals surface area (Å²) in [5.74, 6) is -0.0967. The van der Waals surface area contributed by atoms with E-state index in [2.05, 4.69) is 0 Å². The Morgan fingerprint density at radius 2 is 2.00 bits per heavy atom. The zero-order valence-electron chi connectivity index (χ0n) is 9.06. The van der Waals surface area contributed by atoms with Crippen molar-refractivity contribution in [3.8, 4) is 0 Å². The highest BCUT2D eigenvalue weighted by atomic mass is 32.2. The summed E-state index contributed by atoms with van der Waals surface area (Å²) in [6.07, 6.45) is 2.19. The highest BCUT2D eigenvalue weighted by Gasteiger charge is 2.30. The normalized spacial score (nSPS) is 18.9. The molecule has 1 atom stereocenters. The zero-order valence-corrected chi connectivity index (χ0v) is 9.88. The van der Waals surface area contributed by atoms with Crippen LogP contribution < -0.4 is 10.5 Å². The van der Waals surface area contributed by atoms with E-state index in [4.69, 9.17) is 5.73 Å². The molecule has 1 fully saturated rings. The van der Waals surface area contributed by atoms with E-state index in [0.717, 1.165) is 12.8 Å². The van der Waals surface area contributed by atoms with E-state index in [-0.39, 0.29) is 12.5 Å². The number of hydrogen-bond acceptors (Lipinski definition) is 4. The lowest BCUT2D eigenvalue weighted by Gasteiger charge is -2.12. The standard InChI is InChI=1S/C9H18N2O3S/c1-6(2)15(13,14)11-9(12)5-8(10)7-3-4-7/h6-8H,3-5,10H2,1-2H3,(H,11,12). The third-order valence-electron chi connectivity index (χ3n) is 2.53. The number of sulfonamides is 1. The molecule has 0 radical (unpaired) electrons. The molecule has 6 heteroatoms. The number of nitrogens with two attached hydrogens (primary N) is 1. The number of nitrogens with one attached hydrogen (secondary N) is 1. The van der Waals surface area contributed by atoms with E-state index in [1.165, 1.54) is 13.8 Å². The van der Waals surface area contributed by atoms with Crippen LogP contribution in [0.3, 0.4) is 0 Å². The smallest absolute Gasteiger partial charge is 0.237 e. The van der Waals surface area contributed by atoms with E-state index in [0.29, 0.717) is 5.92 Å². The molecule has 3 N–H and O–H groups in total. The summed E-state index contributed by atoms with van der Waals surface area (Å²) in [4.78, 5) is 11.3. The quantitative estimate of drug-likeness (QED) is 0.699. The lowest BCUT2D eigenvalue weighted by Crippen LogP contribution is -2.39. The van der Waals surface area contributed by atoms with Crippen LogP contribution in [0.1, 0.15) is 33.1 Å². The molecule has 0 aromatic rings. The van der Waals surface area contributed by atoms with Gasteiger partial charge in [0.05, 0.1) is 5.25 Å². The van der Waals surface area contributed by atoms with Crippen LogP contribution in [0.2, 0.25) is 0 Å². The van der Waals surface area contributed by atoms with Gasteiger partial charge in [-0.1, -0.05) is 0 Å². The Labute approximate surface area is 90.5 Å². The van der Waals surface area contributed by atoms with E-state index in [1.807, 2.05) is 4.72 Å². The lowest BCUT2D eigenvalue weighted by atomic mass is 10.1. The number of hydrogen-bond donors (Lipinski definition) is 2. The molecule has 1 rings (SSSR count). The van der Waals surface area contributed by atoms with Gasteiger partial charge < -0.3 is 5.73 Å². The van der Waals surface area contributed by atoms with Crippen LogP contribution in [0.15, 0.2) is 0 Å². The number of carbonyl (C=O) groups is 1. The van der Waals surface area contributed by atoms with Gasteiger partial charge in [0.2, 0.25) is 15.9 Å². The largest absolute Gasteiger partial charge is 0.327 e. The minimum atomic E-state index is -3.50. The molecule has 0 aromatic heterocycles. The Kier molecular flexibility index (Phi) is 3.72. The van der Waals surface area contributed by atoms with Crippen molar-refractivity contribution in [3.05, 3.63) is 0 Å². The maximum Gasteiger partial charge on any atom is 0.237 e. The van der Waals surface area contributed by atoms with Gasteiger partial charge in [0, 0.05) is 12.5 Å². The predicted octanol–water partition coefficient (Wildman–Crippen LogP) is -0.0318. The minimum Gasteiger partial charge on any atom is -0.327 e. The summed E-state index contributed by atoms with van der Waals surface area (Å²) in [6, 6.07) is -0.202. The van der Waals surface area contributed by atoms with E-state index < -0.39 is 21.2 Å². The van der Waals surface area contributed by atoms with Gasteiger partial charge in [-0.2, -0.15) is 0 Å². The average Bonchev–Trinajstić information content (AvgIpc) is 2.83. The molecular formula is C9H18N2O3S. The second kappa shape index (κ2) is 4.49. The van der Waals surface area contributed by atoms with Crippen LogP contribution in [-0.4, -0.2) is 25.6 Å². The van der Waals surface area contributed by atoms with Crippen molar-refractivity contribution in [2.75, 3.05) is 0 Å². The first-order chi connectivity index (χ1) is 6.83. The van der Waals surface area contributed by atoms with Crippen LogP contribution in [0.25, 0.3) is 0 Å². The third kappa shape index (κ3) is 3.79. The molecule has 15 heavy (non-hydrogen) atoms. The van der Waals surface area contributed by atoms with Gasteiger partial charge in [-0.15, -0.1) is 0 Å². The molecule has 0 aromatic carbocycles. The molecule has 0 saturated heterocycles. The monoisotopic (exact) mass is 234 g/mol. The Balaban J connectivity index is 2.41. The molecule has 1 aliphatic carbocycles. The Hall–Kier alpha value is -0.620. The van der Waals surface area contributed by atoms with Gasteiger partial charge in [-0.25, -0.2) is 8.42 Å². The number of amides is 1. The van der Waals surface area contributed by atoms with Gasteiger partial charge in [-0.05, 0) is 32.6 Å². The van der Waals surface area contributed by atoms with Crippen molar-refractivity contribution in [3.63, 3.8) is 0 Å².